The fourth-order valence-corrected chi connectivity index (χ4v) is 1.19. The molecule has 0 bridgehead atoms. The van der Waals surface area contributed by atoms with Gasteiger partial charge in [-0.25, -0.2) is 0 Å². The quantitative estimate of drug-likeness (QED) is 0.377. The molecule has 1 saturated carbocycles. The van der Waals surface area contributed by atoms with Gasteiger partial charge in [0.25, 0.3) is 0 Å². The summed E-state index contributed by atoms with van der Waals surface area (Å²) in [5, 5.41) is 8.65. The van der Waals surface area contributed by atoms with E-state index in [9.17, 15) is 0 Å². The van der Waals surface area contributed by atoms with Crippen molar-refractivity contribution < 1.29 is 31.0 Å². The van der Waals surface area contributed by atoms with E-state index in [1.165, 1.54) is 0 Å². The van der Waals surface area contributed by atoms with E-state index in [1.807, 2.05) is 6.92 Å². The Morgan fingerprint density at radius 3 is 2.00 bits per heavy atom. The van der Waals surface area contributed by atoms with Crippen LogP contribution >= 0.6 is 0 Å². The maximum Gasteiger partial charge on any atom is 0.0661 e. The first kappa shape index (κ1) is 25.2. The van der Waals surface area contributed by atoms with Crippen LogP contribution in [0.2, 0.25) is 0 Å². The smallest absolute Gasteiger partial charge is 0.0661 e. The van der Waals surface area contributed by atoms with Gasteiger partial charge in [-0.3, -0.25) is 0 Å². The molecule has 1 fully saturated rings. The summed E-state index contributed by atoms with van der Waals surface area (Å²) >= 11 is 0. The number of hydrogen-bond acceptors (Lipinski definition) is 1. The van der Waals surface area contributed by atoms with Crippen LogP contribution in [0.15, 0.2) is 0 Å². The SMILES string of the molecule is [C-]#[O+].[C-]#[O+].[C-]#[O+].[CH2][C]1[CH]CCC(C#N)[C]1C.[Fe]. The molecule has 0 spiro atoms. The van der Waals surface area contributed by atoms with Crippen LogP contribution in [0.25, 0.3) is 0 Å². The van der Waals surface area contributed by atoms with Crippen LogP contribution in [0, 0.1) is 62.4 Å². The first-order valence-electron chi connectivity index (χ1n) is 4.12. The Balaban J connectivity index is -0.000000106. The number of nitriles is 1. The Bertz CT molecular complexity index is 240. The summed E-state index contributed by atoms with van der Waals surface area (Å²) in [5.41, 5.74) is 0. The zero-order chi connectivity index (χ0) is 13.6. The standard InChI is InChI=1S/C9H11N.3CO.Fe/c1-7-4-3-5-9(6-10)8(7)2;3*1-2;/h4,9H,1,3,5H2,2H3;;;;. The predicted molar refractivity (Wildman–Crippen MR) is 51.9 cm³/mol. The first-order chi connectivity index (χ1) is 7.75. The van der Waals surface area contributed by atoms with Crippen molar-refractivity contribution >= 4 is 0 Å². The molecule has 17 heavy (non-hydrogen) atoms. The van der Waals surface area contributed by atoms with Gasteiger partial charge in [-0.15, -0.1) is 0 Å². The van der Waals surface area contributed by atoms with Crippen LogP contribution in [-0.4, -0.2) is 0 Å². The summed E-state index contributed by atoms with van der Waals surface area (Å²) in [5.74, 6) is 2.32. The van der Waals surface area contributed by atoms with Crippen molar-refractivity contribution in [2.75, 3.05) is 0 Å². The molecule has 0 amide bonds. The monoisotopic (exact) mass is 273 g/mol. The summed E-state index contributed by atoms with van der Waals surface area (Å²) in [6.45, 7) is 19.3. The van der Waals surface area contributed by atoms with Crippen LogP contribution in [0.4, 0.5) is 0 Å². The molecular weight excluding hydrogens is 262 g/mol. The van der Waals surface area contributed by atoms with E-state index in [4.69, 9.17) is 19.2 Å². The van der Waals surface area contributed by atoms with Crippen LogP contribution in [-0.2, 0) is 31.0 Å². The molecule has 0 aliphatic heterocycles. The van der Waals surface area contributed by atoms with E-state index in [-0.39, 0.29) is 23.0 Å². The second-order valence-electron chi connectivity index (χ2n) is 2.67. The Hall–Kier alpha value is -0.771. The van der Waals surface area contributed by atoms with Crippen LogP contribution < -0.4 is 0 Å². The van der Waals surface area contributed by atoms with Gasteiger partial charge in [-0.2, -0.15) is 5.26 Å². The molecule has 0 aromatic carbocycles. The minimum atomic E-state index is 0. The molecule has 1 aliphatic carbocycles. The fraction of sp³-hybridized carbons (Fsp3) is 0.333. The summed E-state index contributed by atoms with van der Waals surface area (Å²) in [6.07, 6.45) is 4.08. The van der Waals surface area contributed by atoms with Crippen molar-refractivity contribution in [3.63, 3.8) is 0 Å². The maximum absolute atomic E-state index is 8.65. The van der Waals surface area contributed by atoms with E-state index < -0.39 is 0 Å². The summed E-state index contributed by atoms with van der Waals surface area (Å²) in [6, 6.07) is 2.27. The molecule has 4 nitrogen and oxygen atoms in total. The molecule has 0 aromatic heterocycles. The largest absolute Gasteiger partial charge is 0.198 e. The molecule has 1 atom stereocenters. The van der Waals surface area contributed by atoms with E-state index in [0.29, 0.717) is 0 Å². The minimum absolute atomic E-state index is 0. The maximum atomic E-state index is 8.65. The first-order valence-corrected chi connectivity index (χ1v) is 4.12. The summed E-state index contributed by atoms with van der Waals surface area (Å²) < 4.78 is 22.5. The van der Waals surface area contributed by atoms with Gasteiger partial charge in [0.15, 0.2) is 0 Å². The number of hydrogen-bond donors (Lipinski definition) is 0. The van der Waals surface area contributed by atoms with E-state index in [1.54, 1.807) is 0 Å². The van der Waals surface area contributed by atoms with Gasteiger partial charge in [0.2, 0.25) is 0 Å². The third-order valence-electron chi connectivity index (χ3n) is 2.03. The Labute approximate surface area is 113 Å². The van der Waals surface area contributed by atoms with Gasteiger partial charge >= 0.3 is 33.9 Å². The molecule has 1 aliphatic rings. The van der Waals surface area contributed by atoms with Gasteiger partial charge < -0.3 is 0 Å². The average Bonchev–Trinajstić information content (AvgIpc) is 2.40. The molecule has 1 unspecified atom stereocenters. The molecule has 0 N–H and O–H groups in total. The van der Waals surface area contributed by atoms with Gasteiger partial charge in [0, 0.05) is 17.1 Å². The minimum Gasteiger partial charge on any atom is -0.198 e. The van der Waals surface area contributed by atoms with Crippen molar-refractivity contribution in [3.8, 4) is 6.07 Å². The second-order valence-corrected chi connectivity index (χ2v) is 2.67. The Kier molecular flexibility index (Phi) is 30.5. The van der Waals surface area contributed by atoms with Gasteiger partial charge in [-0.1, -0.05) is 6.92 Å². The molecule has 90 valence electrons. The van der Waals surface area contributed by atoms with Crippen LogP contribution in [0.3, 0.4) is 0 Å². The van der Waals surface area contributed by atoms with Gasteiger partial charge in [0.1, 0.15) is 0 Å². The Morgan fingerprint density at radius 2 is 1.71 bits per heavy atom. The third-order valence-corrected chi connectivity index (χ3v) is 2.03. The number of rotatable bonds is 0. The third kappa shape index (κ3) is 11.5. The van der Waals surface area contributed by atoms with Gasteiger partial charge in [0.05, 0.1) is 12.0 Å². The molecule has 4 radical (unpaired) electrons. The zero-order valence-corrected chi connectivity index (χ0v) is 10.4. The molecule has 5 heteroatoms. The van der Waals surface area contributed by atoms with E-state index in [0.717, 1.165) is 24.7 Å². The molecule has 0 saturated heterocycles. The van der Waals surface area contributed by atoms with Crippen molar-refractivity contribution in [1.82, 2.24) is 0 Å². The molecule has 0 heterocycles. The van der Waals surface area contributed by atoms with Crippen LogP contribution in [0.1, 0.15) is 19.8 Å². The average molecular weight is 273 g/mol. The Morgan fingerprint density at radius 1 is 1.29 bits per heavy atom. The zero-order valence-electron chi connectivity index (χ0n) is 9.30. The van der Waals surface area contributed by atoms with Crippen LogP contribution in [0.5, 0.6) is 0 Å². The van der Waals surface area contributed by atoms with E-state index in [2.05, 4.69) is 39.4 Å². The van der Waals surface area contributed by atoms with E-state index >= 15 is 0 Å². The van der Waals surface area contributed by atoms with Crippen molar-refractivity contribution in [2.24, 2.45) is 5.92 Å². The van der Waals surface area contributed by atoms with Gasteiger partial charge in [-0.05, 0) is 38.0 Å². The number of nitrogens with zero attached hydrogens (tertiary/aromatic N) is 1. The van der Waals surface area contributed by atoms with Crippen molar-refractivity contribution in [1.29, 1.82) is 5.26 Å². The molecule has 1 rings (SSSR count). The second kappa shape index (κ2) is 20.6. The topological polar surface area (TPSA) is 83.5 Å². The summed E-state index contributed by atoms with van der Waals surface area (Å²) in [7, 11) is 0. The summed E-state index contributed by atoms with van der Waals surface area (Å²) in [4.78, 5) is 0. The van der Waals surface area contributed by atoms with Crippen molar-refractivity contribution in [3.05, 3.63) is 45.1 Å². The molecule has 0 aromatic rings. The predicted octanol–water partition coefficient (Wildman–Crippen LogP) is 2.01. The normalized spacial score (nSPS) is 17.9. The van der Waals surface area contributed by atoms with Crippen molar-refractivity contribution in [2.45, 2.75) is 19.8 Å². The molecular formula is C12H11FeNO3. The fourth-order valence-electron chi connectivity index (χ4n) is 1.19.